The van der Waals surface area contributed by atoms with Crippen LogP contribution in [0.5, 0.6) is 5.75 Å². The van der Waals surface area contributed by atoms with Crippen molar-refractivity contribution in [3.63, 3.8) is 0 Å². The Morgan fingerprint density at radius 1 is 1.06 bits per heavy atom. The molecule has 2 aromatic carbocycles. The van der Waals surface area contributed by atoms with Crippen molar-refractivity contribution < 1.29 is 19.1 Å². The highest BCUT2D eigenvalue weighted by Crippen LogP contribution is 2.28. The van der Waals surface area contributed by atoms with Crippen molar-refractivity contribution in [2.75, 3.05) is 25.0 Å². The van der Waals surface area contributed by atoms with Crippen LogP contribution in [0.15, 0.2) is 48.5 Å². The van der Waals surface area contributed by atoms with E-state index in [-0.39, 0.29) is 31.4 Å². The molecule has 0 spiro atoms. The molecule has 7 nitrogen and oxygen atoms in total. The lowest BCUT2D eigenvalue weighted by Gasteiger charge is -2.22. The Morgan fingerprint density at radius 3 is 2.35 bits per heavy atom. The molecule has 0 aromatic heterocycles. The quantitative estimate of drug-likeness (QED) is 0.575. The number of nitrogens with two attached hydrogens (primary N) is 1. The molecular weight excluding hydrogens is 394 g/mol. The van der Waals surface area contributed by atoms with Gasteiger partial charge in [-0.3, -0.25) is 14.4 Å². The lowest BCUT2D eigenvalue weighted by atomic mass is 9.98. The number of rotatable bonds is 11. The van der Waals surface area contributed by atoms with E-state index in [1.54, 1.807) is 29.2 Å². The van der Waals surface area contributed by atoms with E-state index in [9.17, 15) is 14.4 Å². The summed E-state index contributed by atoms with van der Waals surface area (Å²) < 4.78 is 5.81. The van der Waals surface area contributed by atoms with Crippen molar-refractivity contribution >= 4 is 23.4 Å². The molecule has 2 rings (SSSR count). The zero-order valence-electron chi connectivity index (χ0n) is 18.4. The summed E-state index contributed by atoms with van der Waals surface area (Å²) in [6.07, 6.45) is 1.14. The minimum Gasteiger partial charge on any atom is -0.483 e. The number of anilines is 1. The van der Waals surface area contributed by atoms with Gasteiger partial charge in [0.1, 0.15) is 5.75 Å². The molecule has 166 valence electrons. The number of ether oxygens (including phenoxy) is 1. The van der Waals surface area contributed by atoms with E-state index in [1.165, 1.54) is 0 Å². The molecule has 0 fully saturated rings. The Morgan fingerprint density at radius 2 is 1.74 bits per heavy atom. The average Bonchev–Trinajstić information content (AvgIpc) is 2.78. The maximum atomic E-state index is 12.6. The third-order valence-corrected chi connectivity index (χ3v) is 5.21. The number of primary amides is 1. The molecule has 7 heteroatoms. The molecule has 0 radical (unpaired) electrons. The number of para-hydroxylation sites is 1. The van der Waals surface area contributed by atoms with Gasteiger partial charge in [0.05, 0.1) is 0 Å². The fourth-order valence-electron chi connectivity index (χ4n) is 3.11. The zero-order valence-corrected chi connectivity index (χ0v) is 18.4. The SMILES string of the molecule is CCC(C)c1ccccc1OCC(=O)N(CC)CCC(=O)Nc1ccc(C(N)=O)cc1. The first kappa shape index (κ1) is 23.9. The summed E-state index contributed by atoms with van der Waals surface area (Å²) in [5.74, 6) is 0.151. The fraction of sp³-hybridized carbons (Fsp3) is 0.375. The van der Waals surface area contributed by atoms with Crippen LogP contribution in [0, 0.1) is 0 Å². The van der Waals surface area contributed by atoms with Gasteiger partial charge in [0.25, 0.3) is 5.91 Å². The summed E-state index contributed by atoms with van der Waals surface area (Å²) in [6.45, 7) is 6.81. The van der Waals surface area contributed by atoms with Gasteiger partial charge < -0.3 is 20.7 Å². The van der Waals surface area contributed by atoms with Gasteiger partial charge in [-0.15, -0.1) is 0 Å². The van der Waals surface area contributed by atoms with Gasteiger partial charge in [-0.1, -0.05) is 32.0 Å². The van der Waals surface area contributed by atoms with Crippen LogP contribution in [0.4, 0.5) is 5.69 Å². The van der Waals surface area contributed by atoms with E-state index in [4.69, 9.17) is 10.5 Å². The smallest absolute Gasteiger partial charge is 0.260 e. The Kier molecular flexibility index (Phi) is 9.06. The highest BCUT2D eigenvalue weighted by molar-refractivity contribution is 5.94. The zero-order chi connectivity index (χ0) is 22.8. The predicted octanol–water partition coefficient (Wildman–Crippen LogP) is 3.56. The molecule has 3 N–H and O–H groups in total. The van der Waals surface area contributed by atoms with Crippen molar-refractivity contribution in [2.45, 2.75) is 39.5 Å². The first-order valence-electron chi connectivity index (χ1n) is 10.5. The van der Waals surface area contributed by atoms with Gasteiger partial charge in [0.2, 0.25) is 11.8 Å². The molecule has 0 saturated heterocycles. The highest BCUT2D eigenvalue weighted by atomic mass is 16.5. The third kappa shape index (κ3) is 7.13. The van der Waals surface area contributed by atoms with E-state index < -0.39 is 5.91 Å². The standard InChI is InChI=1S/C24H31N3O4/c1-4-17(3)20-8-6-7-9-21(20)31-16-23(29)27(5-2)15-14-22(28)26-19-12-10-18(11-13-19)24(25)30/h6-13,17H,4-5,14-16H2,1-3H3,(H2,25,30)(H,26,28). The minimum atomic E-state index is -0.524. The number of hydrogen-bond acceptors (Lipinski definition) is 4. The number of benzene rings is 2. The summed E-state index contributed by atoms with van der Waals surface area (Å²) in [4.78, 5) is 37.5. The van der Waals surface area contributed by atoms with Crippen LogP contribution in [0.3, 0.4) is 0 Å². The van der Waals surface area contributed by atoms with E-state index in [1.807, 2.05) is 31.2 Å². The second-order valence-electron chi connectivity index (χ2n) is 7.35. The molecule has 1 atom stereocenters. The lowest BCUT2D eigenvalue weighted by Crippen LogP contribution is -2.37. The fourth-order valence-corrected chi connectivity index (χ4v) is 3.11. The third-order valence-electron chi connectivity index (χ3n) is 5.21. The largest absolute Gasteiger partial charge is 0.483 e. The summed E-state index contributed by atoms with van der Waals surface area (Å²) in [5.41, 5.74) is 7.23. The number of carbonyl (C=O) groups is 3. The van der Waals surface area contributed by atoms with Crippen molar-refractivity contribution in [3.05, 3.63) is 59.7 Å². The number of hydrogen-bond donors (Lipinski definition) is 2. The van der Waals surface area contributed by atoms with Gasteiger partial charge in [0.15, 0.2) is 6.61 Å². The Hall–Kier alpha value is -3.35. The van der Waals surface area contributed by atoms with E-state index >= 15 is 0 Å². The molecule has 31 heavy (non-hydrogen) atoms. The Bertz CT molecular complexity index is 896. The monoisotopic (exact) mass is 425 g/mol. The molecule has 2 aromatic rings. The summed E-state index contributed by atoms with van der Waals surface area (Å²) in [7, 11) is 0. The first-order valence-corrected chi connectivity index (χ1v) is 10.5. The molecule has 0 saturated carbocycles. The van der Waals surface area contributed by atoms with E-state index in [0.717, 1.165) is 17.7 Å². The lowest BCUT2D eigenvalue weighted by molar-refractivity contribution is -0.133. The maximum absolute atomic E-state index is 12.6. The van der Waals surface area contributed by atoms with Crippen LogP contribution >= 0.6 is 0 Å². The summed E-state index contributed by atoms with van der Waals surface area (Å²) in [5, 5.41) is 2.75. The molecule has 0 heterocycles. The van der Waals surface area contributed by atoms with Gasteiger partial charge >= 0.3 is 0 Å². The predicted molar refractivity (Wildman–Crippen MR) is 121 cm³/mol. The van der Waals surface area contributed by atoms with Crippen LogP contribution in [-0.2, 0) is 9.59 Å². The average molecular weight is 426 g/mol. The van der Waals surface area contributed by atoms with Gasteiger partial charge in [-0.25, -0.2) is 0 Å². The van der Waals surface area contributed by atoms with E-state index in [0.29, 0.717) is 23.7 Å². The number of nitrogens with zero attached hydrogens (tertiary/aromatic N) is 1. The number of nitrogens with one attached hydrogen (secondary N) is 1. The van der Waals surface area contributed by atoms with Crippen LogP contribution in [0.25, 0.3) is 0 Å². The number of amides is 3. The molecular formula is C24H31N3O4. The minimum absolute atomic E-state index is 0.0719. The molecule has 1 unspecified atom stereocenters. The van der Waals surface area contributed by atoms with Crippen LogP contribution < -0.4 is 15.8 Å². The number of likely N-dealkylation sites (N-methyl/N-ethyl adjacent to an activating group) is 1. The van der Waals surface area contributed by atoms with Crippen molar-refractivity contribution in [2.24, 2.45) is 5.73 Å². The van der Waals surface area contributed by atoms with Gasteiger partial charge in [-0.05, 0) is 55.2 Å². The summed E-state index contributed by atoms with van der Waals surface area (Å²) >= 11 is 0. The molecule has 0 aliphatic carbocycles. The second kappa shape index (κ2) is 11.7. The maximum Gasteiger partial charge on any atom is 0.260 e. The Labute approximate surface area is 183 Å². The van der Waals surface area contributed by atoms with Gasteiger partial charge in [-0.2, -0.15) is 0 Å². The highest BCUT2D eigenvalue weighted by Gasteiger charge is 2.16. The normalized spacial score (nSPS) is 11.5. The van der Waals surface area contributed by atoms with Crippen LogP contribution in [0.1, 0.15) is 55.5 Å². The van der Waals surface area contributed by atoms with Gasteiger partial charge in [0, 0.05) is 30.8 Å². The van der Waals surface area contributed by atoms with Crippen molar-refractivity contribution in [1.29, 1.82) is 0 Å². The second-order valence-corrected chi connectivity index (χ2v) is 7.35. The summed E-state index contributed by atoms with van der Waals surface area (Å²) in [6, 6.07) is 14.1. The number of carbonyl (C=O) groups excluding carboxylic acids is 3. The molecule has 0 aliphatic rings. The molecule has 0 bridgehead atoms. The molecule has 0 aliphatic heterocycles. The van der Waals surface area contributed by atoms with Crippen LogP contribution in [0.2, 0.25) is 0 Å². The first-order chi connectivity index (χ1) is 14.8. The van der Waals surface area contributed by atoms with Crippen molar-refractivity contribution in [3.8, 4) is 5.75 Å². The Balaban J connectivity index is 1.86. The van der Waals surface area contributed by atoms with Crippen LogP contribution in [-0.4, -0.2) is 42.3 Å². The van der Waals surface area contributed by atoms with Crippen molar-refractivity contribution in [1.82, 2.24) is 4.90 Å². The van der Waals surface area contributed by atoms with E-state index in [2.05, 4.69) is 19.2 Å². The molecule has 3 amide bonds. The topological polar surface area (TPSA) is 102 Å².